The van der Waals surface area contributed by atoms with Gasteiger partial charge in [-0.1, -0.05) is 17.7 Å². The number of carbonyl (C=O) groups excluding carboxylic acids is 2. The van der Waals surface area contributed by atoms with Crippen LogP contribution >= 0.6 is 11.6 Å². The molecule has 112 valence electrons. The lowest BCUT2D eigenvalue weighted by molar-refractivity contribution is -0.144. The molecule has 3 N–H and O–H groups in total. The Kier molecular flexibility index (Phi) is 4.32. The second-order valence-corrected chi connectivity index (χ2v) is 5.11. The van der Waals surface area contributed by atoms with Gasteiger partial charge in [0.25, 0.3) is 0 Å². The molecule has 1 saturated heterocycles. The van der Waals surface area contributed by atoms with Gasteiger partial charge in [-0.05, 0) is 24.6 Å². The van der Waals surface area contributed by atoms with Gasteiger partial charge in [0, 0.05) is 17.3 Å². The summed E-state index contributed by atoms with van der Waals surface area (Å²) in [5.74, 6) is -1.57. The monoisotopic (exact) mass is 311 g/mol. The van der Waals surface area contributed by atoms with Crippen LogP contribution < -0.4 is 10.6 Å². The smallest absolute Gasteiger partial charge is 0.328 e. The van der Waals surface area contributed by atoms with Crippen LogP contribution in [-0.2, 0) is 9.59 Å². The molecule has 1 aromatic rings. The second-order valence-electron chi connectivity index (χ2n) is 4.68. The molecular weight excluding hydrogens is 298 g/mol. The van der Waals surface area contributed by atoms with E-state index in [1.165, 1.54) is 0 Å². The average molecular weight is 312 g/mol. The molecular formula is C13H14ClN3O4. The van der Waals surface area contributed by atoms with Crippen LogP contribution in [0.25, 0.3) is 0 Å². The number of nitrogens with one attached hydrogen (secondary N) is 2. The van der Waals surface area contributed by atoms with Crippen LogP contribution in [0.4, 0.5) is 10.5 Å². The van der Waals surface area contributed by atoms with E-state index in [0.717, 1.165) is 10.5 Å². The van der Waals surface area contributed by atoms with Gasteiger partial charge in [0.05, 0.1) is 0 Å². The lowest BCUT2D eigenvalue weighted by atomic mass is 10.2. The van der Waals surface area contributed by atoms with Gasteiger partial charge in [-0.2, -0.15) is 0 Å². The van der Waals surface area contributed by atoms with Gasteiger partial charge >= 0.3 is 12.0 Å². The van der Waals surface area contributed by atoms with Crippen molar-refractivity contribution in [1.82, 2.24) is 10.2 Å². The first kappa shape index (κ1) is 15.1. The second kappa shape index (κ2) is 6.01. The number of rotatable bonds is 2. The van der Waals surface area contributed by atoms with Gasteiger partial charge in [-0.3, -0.25) is 9.69 Å². The summed E-state index contributed by atoms with van der Waals surface area (Å²) in [5.41, 5.74) is 1.25. The zero-order chi connectivity index (χ0) is 15.6. The first-order chi connectivity index (χ1) is 9.88. The number of amides is 3. The molecule has 0 spiro atoms. The predicted molar refractivity (Wildman–Crippen MR) is 76.3 cm³/mol. The number of benzene rings is 1. The van der Waals surface area contributed by atoms with E-state index in [0.29, 0.717) is 10.7 Å². The number of nitrogens with zero attached hydrogens (tertiary/aromatic N) is 1. The summed E-state index contributed by atoms with van der Waals surface area (Å²) in [6, 6.07) is 3.23. The molecule has 0 aromatic heterocycles. The van der Waals surface area contributed by atoms with Crippen molar-refractivity contribution in [2.24, 2.45) is 0 Å². The van der Waals surface area contributed by atoms with Crippen molar-refractivity contribution in [1.29, 1.82) is 0 Å². The van der Waals surface area contributed by atoms with Crippen LogP contribution in [0.15, 0.2) is 18.2 Å². The summed E-state index contributed by atoms with van der Waals surface area (Å²) in [6.45, 7) is 1.36. The summed E-state index contributed by atoms with van der Waals surface area (Å²) in [4.78, 5) is 35.7. The van der Waals surface area contributed by atoms with E-state index in [-0.39, 0.29) is 13.1 Å². The van der Waals surface area contributed by atoms with Gasteiger partial charge in [0.15, 0.2) is 0 Å². The molecule has 7 nitrogen and oxygen atoms in total. The third-order valence-corrected chi connectivity index (χ3v) is 3.40. The highest BCUT2D eigenvalue weighted by atomic mass is 35.5. The standard InChI is InChI=1S/C13H14ClN3O4/c1-7-2-3-8(14)4-9(7)16-13(21)17-6-11(18)15-5-10(17)12(19)20/h2-4,10H,5-6H2,1H3,(H,15,18)(H,16,21)(H,19,20). The van der Waals surface area contributed by atoms with Crippen molar-refractivity contribution in [3.8, 4) is 0 Å². The van der Waals surface area contributed by atoms with Crippen LogP contribution in [0.5, 0.6) is 0 Å². The van der Waals surface area contributed by atoms with Gasteiger partial charge in [0.2, 0.25) is 5.91 Å². The Morgan fingerprint density at radius 3 is 2.86 bits per heavy atom. The number of urea groups is 1. The Balaban J connectivity index is 2.19. The zero-order valence-electron chi connectivity index (χ0n) is 11.2. The minimum absolute atomic E-state index is 0.115. The third kappa shape index (κ3) is 3.43. The molecule has 1 aromatic carbocycles. The van der Waals surface area contributed by atoms with Crippen LogP contribution in [-0.4, -0.2) is 47.0 Å². The van der Waals surface area contributed by atoms with Gasteiger partial charge < -0.3 is 15.7 Å². The molecule has 0 bridgehead atoms. The van der Waals surface area contributed by atoms with E-state index in [9.17, 15) is 14.4 Å². The first-order valence-electron chi connectivity index (χ1n) is 6.22. The van der Waals surface area contributed by atoms with E-state index in [1.54, 1.807) is 25.1 Å². The van der Waals surface area contributed by atoms with E-state index in [2.05, 4.69) is 10.6 Å². The van der Waals surface area contributed by atoms with Crippen LogP contribution in [0.1, 0.15) is 5.56 Å². The fourth-order valence-electron chi connectivity index (χ4n) is 1.99. The minimum atomic E-state index is -1.17. The van der Waals surface area contributed by atoms with Crippen molar-refractivity contribution in [3.05, 3.63) is 28.8 Å². The van der Waals surface area contributed by atoms with Crippen molar-refractivity contribution in [3.63, 3.8) is 0 Å². The summed E-state index contributed by atoms with van der Waals surface area (Å²) >= 11 is 5.87. The maximum absolute atomic E-state index is 12.2. The lowest BCUT2D eigenvalue weighted by Crippen LogP contribution is -2.60. The molecule has 0 aliphatic carbocycles. The van der Waals surface area contributed by atoms with Gasteiger partial charge in [0.1, 0.15) is 12.6 Å². The van der Waals surface area contributed by atoms with Crippen LogP contribution in [0.3, 0.4) is 0 Å². The van der Waals surface area contributed by atoms with Crippen LogP contribution in [0.2, 0.25) is 5.02 Å². The van der Waals surface area contributed by atoms with Crippen LogP contribution in [0, 0.1) is 6.92 Å². The Morgan fingerprint density at radius 2 is 2.19 bits per heavy atom. The zero-order valence-corrected chi connectivity index (χ0v) is 12.0. The third-order valence-electron chi connectivity index (χ3n) is 3.17. The molecule has 2 rings (SSSR count). The topological polar surface area (TPSA) is 98.7 Å². The number of carboxylic acid groups (broad SMARTS) is 1. The largest absolute Gasteiger partial charge is 0.480 e. The summed E-state index contributed by atoms with van der Waals surface area (Å²) in [6.07, 6.45) is 0. The molecule has 21 heavy (non-hydrogen) atoms. The quantitative estimate of drug-likeness (QED) is 0.760. The Bertz CT molecular complexity index is 605. The first-order valence-corrected chi connectivity index (χ1v) is 6.59. The number of carboxylic acids is 1. The molecule has 1 unspecified atom stereocenters. The normalized spacial score (nSPS) is 18.1. The highest BCUT2D eigenvalue weighted by molar-refractivity contribution is 6.31. The average Bonchev–Trinajstić information content (AvgIpc) is 2.42. The fraction of sp³-hybridized carbons (Fsp3) is 0.308. The highest BCUT2D eigenvalue weighted by Gasteiger charge is 2.35. The summed E-state index contributed by atoms with van der Waals surface area (Å²) in [5, 5.41) is 14.6. The van der Waals surface area contributed by atoms with E-state index in [4.69, 9.17) is 16.7 Å². The molecule has 1 fully saturated rings. The van der Waals surface area contributed by atoms with Crippen molar-refractivity contribution in [2.45, 2.75) is 13.0 Å². The molecule has 1 aliphatic heterocycles. The Morgan fingerprint density at radius 1 is 1.48 bits per heavy atom. The minimum Gasteiger partial charge on any atom is -0.480 e. The van der Waals surface area contributed by atoms with Crippen molar-refractivity contribution >= 4 is 35.2 Å². The number of hydrogen-bond donors (Lipinski definition) is 3. The molecule has 3 amide bonds. The number of piperazine rings is 1. The van der Waals surface area contributed by atoms with E-state index >= 15 is 0 Å². The molecule has 1 atom stereocenters. The maximum Gasteiger partial charge on any atom is 0.328 e. The van der Waals surface area contributed by atoms with E-state index < -0.39 is 23.9 Å². The van der Waals surface area contributed by atoms with Gasteiger partial charge in [-0.25, -0.2) is 9.59 Å². The Hall–Kier alpha value is -2.28. The number of anilines is 1. The number of halogens is 1. The Labute approximate surface area is 125 Å². The van der Waals surface area contributed by atoms with Crippen molar-refractivity contribution < 1.29 is 19.5 Å². The maximum atomic E-state index is 12.2. The van der Waals surface area contributed by atoms with Crippen molar-refractivity contribution in [2.75, 3.05) is 18.4 Å². The molecule has 1 aliphatic rings. The summed E-state index contributed by atoms with van der Waals surface area (Å²) < 4.78 is 0. The SMILES string of the molecule is Cc1ccc(Cl)cc1NC(=O)N1CC(=O)NCC1C(=O)O. The number of aryl methyl sites for hydroxylation is 1. The molecule has 8 heteroatoms. The molecule has 0 radical (unpaired) electrons. The number of hydrogen-bond acceptors (Lipinski definition) is 3. The lowest BCUT2D eigenvalue weighted by Gasteiger charge is -2.32. The number of aliphatic carboxylic acids is 1. The highest BCUT2D eigenvalue weighted by Crippen LogP contribution is 2.21. The van der Waals surface area contributed by atoms with Gasteiger partial charge in [-0.15, -0.1) is 0 Å². The fourth-order valence-corrected chi connectivity index (χ4v) is 2.16. The molecule has 1 heterocycles. The molecule has 0 saturated carbocycles. The number of carbonyl (C=O) groups is 3. The predicted octanol–water partition coefficient (Wildman–Crippen LogP) is 1.07. The summed E-state index contributed by atoms with van der Waals surface area (Å²) in [7, 11) is 0. The van der Waals surface area contributed by atoms with E-state index in [1.807, 2.05) is 0 Å².